The first-order valence-electron chi connectivity index (χ1n) is 8.46. The Morgan fingerprint density at radius 2 is 1.87 bits per heavy atom. The molecule has 1 aromatic carbocycles. The monoisotopic (exact) mass is 315 g/mol. The molecule has 23 heavy (non-hydrogen) atoms. The largest absolute Gasteiger partial charge is 0.504 e. The lowest BCUT2D eigenvalue weighted by atomic mass is 9.93. The first-order valence-corrected chi connectivity index (χ1v) is 8.46. The summed E-state index contributed by atoms with van der Waals surface area (Å²) in [7, 11) is 0. The molecule has 0 saturated heterocycles. The van der Waals surface area contributed by atoms with Crippen molar-refractivity contribution in [3.63, 3.8) is 0 Å². The van der Waals surface area contributed by atoms with Crippen molar-refractivity contribution in [2.75, 3.05) is 13.1 Å². The number of hydrogen-bond acceptors (Lipinski definition) is 3. The summed E-state index contributed by atoms with van der Waals surface area (Å²) >= 11 is 0. The Morgan fingerprint density at radius 1 is 1.17 bits per heavy atom. The third-order valence-corrected chi connectivity index (χ3v) is 4.67. The van der Waals surface area contributed by atoms with Crippen LogP contribution in [-0.2, 0) is 6.42 Å². The summed E-state index contributed by atoms with van der Waals surface area (Å²) in [6.07, 6.45) is 7.74. The van der Waals surface area contributed by atoms with Crippen LogP contribution in [0.4, 0.5) is 0 Å². The highest BCUT2D eigenvalue weighted by molar-refractivity contribution is 5.47. The minimum absolute atomic E-state index is 0.0144. The fourth-order valence-corrected chi connectivity index (χ4v) is 3.11. The molecule has 1 aliphatic rings. The number of phenols is 2. The second kappa shape index (κ2) is 7.69. The van der Waals surface area contributed by atoms with Crippen molar-refractivity contribution >= 4 is 0 Å². The fraction of sp³-hybridized carbons (Fsp3) is 0.500. The van der Waals surface area contributed by atoms with Crippen molar-refractivity contribution in [2.45, 2.75) is 53.0 Å². The lowest BCUT2D eigenvalue weighted by Crippen LogP contribution is -2.34. The predicted molar refractivity (Wildman–Crippen MR) is 95.9 cm³/mol. The number of rotatable bonds is 5. The standard InChI is InChI=1S/C20H29NO2/c1-14(2)6-5-7-15(3)8-10-21-11-9-17-12-19(22)20(23)13-18(17)16(21)4/h6,8,12-13,16,22-23H,5,7,9-11H2,1-4H3/b15-8+/t16-/m1/s1. The Labute approximate surface area is 140 Å². The van der Waals surface area contributed by atoms with Crippen LogP contribution in [0.2, 0.25) is 0 Å². The van der Waals surface area contributed by atoms with E-state index in [9.17, 15) is 10.2 Å². The van der Waals surface area contributed by atoms with Crippen LogP contribution in [0.3, 0.4) is 0 Å². The van der Waals surface area contributed by atoms with Gasteiger partial charge in [0.15, 0.2) is 11.5 Å². The van der Waals surface area contributed by atoms with Gasteiger partial charge in [0, 0.05) is 19.1 Å². The van der Waals surface area contributed by atoms with Crippen molar-refractivity contribution in [2.24, 2.45) is 0 Å². The second-order valence-corrected chi connectivity index (χ2v) is 6.83. The molecule has 1 atom stereocenters. The van der Waals surface area contributed by atoms with Gasteiger partial charge in [-0.3, -0.25) is 4.90 Å². The maximum absolute atomic E-state index is 9.75. The second-order valence-electron chi connectivity index (χ2n) is 6.83. The zero-order chi connectivity index (χ0) is 17.0. The number of fused-ring (bicyclic) bond motifs is 1. The molecule has 0 aromatic heterocycles. The van der Waals surface area contributed by atoms with Gasteiger partial charge in [-0.15, -0.1) is 0 Å². The van der Waals surface area contributed by atoms with E-state index in [0.29, 0.717) is 0 Å². The van der Waals surface area contributed by atoms with E-state index in [1.807, 2.05) is 0 Å². The van der Waals surface area contributed by atoms with Crippen LogP contribution in [0.25, 0.3) is 0 Å². The summed E-state index contributed by atoms with van der Waals surface area (Å²) in [6, 6.07) is 3.68. The number of nitrogens with zero attached hydrogens (tertiary/aromatic N) is 1. The fourth-order valence-electron chi connectivity index (χ4n) is 3.11. The normalized spacial score (nSPS) is 18.6. The summed E-state index contributed by atoms with van der Waals surface area (Å²) in [5.74, 6) is -0.0368. The number of benzene rings is 1. The molecule has 1 heterocycles. The van der Waals surface area contributed by atoms with Gasteiger partial charge in [-0.25, -0.2) is 0 Å². The lowest BCUT2D eigenvalue weighted by Gasteiger charge is -2.34. The maximum atomic E-state index is 9.75. The SMILES string of the molecule is CC(C)=CCC/C(C)=C/CN1CCc2cc(O)c(O)cc2[C@H]1C. The van der Waals surface area contributed by atoms with E-state index in [2.05, 4.69) is 44.7 Å². The Balaban J connectivity index is 2.00. The van der Waals surface area contributed by atoms with E-state index >= 15 is 0 Å². The molecular formula is C20H29NO2. The van der Waals surface area contributed by atoms with Crippen LogP contribution in [0.15, 0.2) is 35.4 Å². The molecule has 0 fully saturated rings. The van der Waals surface area contributed by atoms with Gasteiger partial charge >= 0.3 is 0 Å². The van der Waals surface area contributed by atoms with Gasteiger partial charge in [0.1, 0.15) is 0 Å². The van der Waals surface area contributed by atoms with Crippen molar-refractivity contribution < 1.29 is 10.2 Å². The highest BCUT2D eigenvalue weighted by Gasteiger charge is 2.24. The van der Waals surface area contributed by atoms with Gasteiger partial charge in [0.2, 0.25) is 0 Å². The molecule has 3 heteroatoms. The first kappa shape index (κ1) is 17.6. The molecule has 2 N–H and O–H groups in total. The van der Waals surface area contributed by atoms with Crippen LogP contribution in [-0.4, -0.2) is 28.2 Å². The molecule has 3 nitrogen and oxygen atoms in total. The zero-order valence-electron chi connectivity index (χ0n) is 14.8. The highest BCUT2D eigenvalue weighted by Crippen LogP contribution is 2.36. The molecular weight excluding hydrogens is 286 g/mol. The van der Waals surface area contributed by atoms with Gasteiger partial charge in [-0.1, -0.05) is 23.3 Å². The average molecular weight is 315 g/mol. The topological polar surface area (TPSA) is 43.7 Å². The van der Waals surface area contributed by atoms with Crippen LogP contribution < -0.4 is 0 Å². The maximum Gasteiger partial charge on any atom is 0.157 e. The van der Waals surface area contributed by atoms with Gasteiger partial charge in [-0.05, 0) is 70.2 Å². The van der Waals surface area contributed by atoms with E-state index in [1.54, 1.807) is 12.1 Å². The molecule has 0 aliphatic carbocycles. The Morgan fingerprint density at radius 3 is 2.57 bits per heavy atom. The van der Waals surface area contributed by atoms with Crippen molar-refractivity contribution in [1.82, 2.24) is 4.90 Å². The zero-order valence-corrected chi connectivity index (χ0v) is 14.8. The number of aromatic hydroxyl groups is 2. The third kappa shape index (κ3) is 4.61. The lowest BCUT2D eigenvalue weighted by molar-refractivity contribution is 0.219. The van der Waals surface area contributed by atoms with Gasteiger partial charge in [-0.2, -0.15) is 0 Å². The van der Waals surface area contributed by atoms with Crippen LogP contribution in [0, 0.1) is 0 Å². The molecule has 2 rings (SSSR count). The average Bonchev–Trinajstić information content (AvgIpc) is 2.48. The van der Waals surface area contributed by atoms with Crippen molar-refractivity contribution in [3.05, 3.63) is 46.6 Å². The molecule has 1 aliphatic heterocycles. The van der Waals surface area contributed by atoms with E-state index in [0.717, 1.165) is 43.5 Å². The molecule has 0 saturated carbocycles. The molecule has 1 aromatic rings. The van der Waals surface area contributed by atoms with E-state index in [-0.39, 0.29) is 17.5 Å². The summed E-state index contributed by atoms with van der Waals surface area (Å²) in [4.78, 5) is 2.42. The summed E-state index contributed by atoms with van der Waals surface area (Å²) in [5.41, 5.74) is 5.08. The minimum atomic E-state index is -0.0223. The summed E-state index contributed by atoms with van der Waals surface area (Å²) in [5, 5.41) is 19.4. The molecule has 0 bridgehead atoms. The Kier molecular flexibility index (Phi) is 5.89. The van der Waals surface area contributed by atoms with Crippen molar-refractivity contribution in [1.29, 1.82) is 0 Å². The van der Waals surface area contributed by atoms with E-state index in [4.69, 9.17) is 0 Å². The molecule has 0 spiro atoms. The van der Waals surface area contributed by atoms with Gasteiger partial charge in [0.05, 0.1) is 0 Å². The molecule has 126 valence electrons. The van der Waals surface area contributed by atoms with Crippen LogP contribution in [0.5, 0.6) is 11.5 Å². The Bertz CT molecular complexity index is 612. The first-order chi connectivity index (χ1) is 10.9. The number of allylic oxidation sites excluding steroid dienone is 3. The van der Waals surface area contributed by atoms with Crippen LogP contribution in [0.1, 0.15) is 57.7 Å². The number of hydrogen-bond donors (Lipinski definition) is 2. The highest BCUT2D eigenvalue weighted by atomic mass is 16.3. The quantitative estimate of drug-likeness (QED) is 0.611. The Hall–Kier alpha value is -1.74. The van der Waals surface area contributed by atoms with Crippen LogP contribution >= 0.6 is 0 Å². The third-order valence-electron chi connectivity index (χ3n) is 4.67. The van der Waals surface area contributed by atoms with E-state index < -0.39 is 0 Å². The molecule has 0 amide bonds. The van der Waals surface area contributed by atoms with Gasteiger partial charge in [0.25, 0.3) is 0 Å². The summed E-state index contributed by atoms with van der Waals surface area (Å²) < 4.78 is 0. The minimum Gasteiger partial charge on any atom is -0.504 e. The number of phenolic OH excluding ortho intramolecular Hbond substituents is 2. The molecule has 0 unspecified atom stereocenters. The van der Waals surface area contributed by atoms with Crippen molar-refractivity contribution in [3.8, 4) is 11.5 Å². The predicted octanol–water partition coefficient (Wildman–Crippen LogP) is 4.71. The van der Waals surface area contributed by atoms with E-state index in [1.165, 1.54) is 11.1 Å². The smallest absolute Gasteiger partial charge is 0.157 e. The summed E-state index contributed by atoms with van der Waals surface area (Å²) in [6.45, 7) is 10.6. The van der Waals surface area contributed by atoms with Gasteiger partial charge < -0.3 is 10.2 Å². The molecule has 0 radical (unpaired) electrons.